The van der Waals surface area contributed by atoms with Crippen molar-refractivity contribution in [3.8, 4) is 10.7 Å². The first-order valence-electron chi connectivity index (χ1n) is 9.70. The molecule has 5 nitrogen and oxygen atoms in total. The molecular formula is C21H27BrN4OS. The van der Waals surface area contributed by atoms with E-state index in [1.165, 1.54) is 22.5 Å². The summed E-state index contributed by atoms with van der Waals surface area (Å²) in [5, 5.41) is 3.03. The minimum atomic E-state index is -0.0123. The van der Waals surface area contributed by atoms with Gasteiger partial charge in [0.05, 0.1) is 20.8 Å². The maximum absolute atomic E-state index is 12.4. The third kappa shape index (κ3) is 4.47. The van der Waals surface area contributed by atoms with Crippen molar-refractivity contribution in [3.05, 3.63) is 38.7 Å². The van der Waals surface area contributed by atoms with Gasteiger partial charge in [-0.05, 0) is 69.2 Å². The van der Waals surface area contributed by atoms with E-state index in [-0.39, 0.29) is 5.91 Å². The van der Waals surface area contributed by atoms with Gasteiger partial charge in [0, 0.05) is 11.0 Å². The van der Waals surface area contributed by atoms with Gasteiger partial charge in [-0.25, -0.2) is 4.98 Å². The molecule has 3 aromatic rings. The number of benzene rings is 1. The quantitative estimate of drug-likeness (QED) is 0.455. The van der Waals surface area contributed by atoms with Crippen molar-refractivity contribution in [2.75, 3.05) is 26.2 Å². The van der Waals surface area contributed by atoms with Gasteiger partial charge >= 0.3 is 0 Å². The Balaban J connectivity index is 1.67. The fraction of sp³-hybridized carbons (Fsp3) is 0.429. The van der Waals surface area contributed by atoms with Gasteiger partial charge in [-0.2, -0.15) is 0 Å². The van der Waals surface area contributed by atoms with Crippen molar-refractivity contribution in [1.82, 2.24) is 20.2 Å². The number of fused-ring (bicyclic) bond motifs is 1. The molecule has 2 N–H and O–H groups in total. The molecule has 0 aliphatic heterocycles. The number of aromatic nitrogens is 2. The first-order valence-corrected chi connectivity index (χ1v) is 11.3. The molecule has 2 aromatic heterocycles. The Morgan fingerprint density at radius 3 is 2.71 bits per heavy atom. The molecule has 1 amide bonds. The lowest BCUT2D eigenvalue weighted by atomic mass is 10.1. The molecule has 0 spiro atoms. The van der Waals surface area contributed by atoms with Gasteiger partial charge in [0.2, 0.25) is 0 Å². The molecule has 0 radical (unpaired) electrons. The molecule has 0 unspecified atom stereocenters. The summed E-state index contributed by atoms with van der Waals surface area (Å²) in [6.45, 7) is 12.3. The van der Waals surface area contributed by atoms with E-state index in [2.05, 4.69) is 58.8 Å². The lowest BCUT2D eigenvalue weighted by Gasteiger charge is -2.17. The smallest absolute Gasteiger partial charge is 0.261 e. The molecule has 7 heteroatoms. The number of nitrogens with zero attached hydrogens (tertiary/aromatic N) is 2. The Morgan fingerprint density at radius 1 is 1.25 bits per heavy atom. The standard InChI is InChI=1S/C21H27BrN4OS/c1-5-26(6-2)11-7-10-23-21(27)18-9-8-17(28-18)20-24-16-12-15(22)13(3)14(4)19(16)25-20/h8-9,12H,5-7,10-11H2,1-4H3,(H,23,27)(H,24,25). The number of thiophene rings is 1. The fourth-order valence-electron chi connectivity index (χ4n) is 3.21. The molecule has 3 rings (SSSR count). The van der Waals surface area contributed by atoms with Crippen LogP contribution < -0.4 is 5.32 Å². The van der Waals surface area contributed by atoms with E-state index in [4.69, 9.17) is 4.98 Å². The van der Waals surface area contributed by atoms with Crippen molar-refractivity contribution < 1.29 is 4.79 Å². The van der Waals surface area contributed by atoms with E-state index in [1.54, 1.807) is 0 Å². The number of imidazole rings is 1. The highest BCUT2D eigenvalue weighted by molar-refractivity contribution is 9.10. The van der Waals surface area contributed by atoms with E-state index in [0.29, 0.717) is 11.4 Å². The monoisotopic (exact) mass is 462 g/mol. The zero-order valence-electron chi connectivity index (χ0n) is 16.9. The number of carbonyl (C=O) groups excluding carboxylic acids is 1. The molecule has 0 aliphatic rings. The highest BCUT2D eigenvalue weighted by Gasteiger charge is 2.15. The lowest BCUT2D eigenvalue weighted by Crippen LogP contribution is -2.29. The van der Waals surface area contributed by atoms with Crippen LogP contribution >= 0.6 is 27.3 Å². The minimum absolute atomic E-state index is 0.0123. The molecule has 0 saturated heterocycles. The summed E-state index contributed by atoms with van der Waals surface area (Å²) >= 11 is 5.07. The van der Waals surface area contributed by atoms with Crippen molar-refractivity contribution in [2.24, 2.45) is 0 Å². The Kier molecular flexibility index (Phi) is 6.91. The molecule has 150 valence electrons. The summed E-state index contributed by atoms with van der Waals surface area (Å²) in [5.74, 6) is 0.794. The summed E-state index contributed by atoms with van der Waals surface area (Å²) in [4.78, 5) is 24.6. The third-order valence-electron chi connectivity index (χ3n) is 5.19. The van der Waals surface area contributed by atoms with Crippen molar-refractivity contribution in [3.63, 3.8) is 0 Å². The lowest BCUT2D eigenvalue weighted by molar-refractivity contribution is 0.0956. The molecule has 1 aromatic carbocycles. The second-order valence-corrected chi connectivity index (χ2v) is 8.83. The summed E-state index contributed by atoms with van der Waals surface area (Å²) in [6.07, 6.45) is 0.961. The number of carbonyl (C=O) groups is 1. The zero-order valence-corrected chi connectivity index (χ0v) is 19.3. The Labute approximate surface area is 178 Å². The highest BCUT2D eigenvalue weighted by Crippen LogP contribution is 2.32. The van der Waals surface area contributed by atoms with E-state index in [9.17, 15) is 4.79 Å². The number of H-pyrrole nitrogens is 1. The van der Waals surface area contributed by atoms with Crippen LogP contribution in [0.2, 0.25) is 0 Å². The first kappa shape index (κ1) is 21.0. The maximum atomic E-state index is 12.4. The van der Waals surface area contributed by atoms with Gasteiger partial charge in [-0.1, -0.05) is 29.8 Å². The van der Waals surface area contributed by atoms with Crippen LogP contribution in [0.5, 0.6) is 0 Å². The van der Waals surface area contributed by atoms with E-state index in [1.807, 2.05) is 18.2 Å². The summed E-state index contributed by atoms with van der Waals surface area (Å²) in [5.41, 5.74) is 4.37. The topological polar surface area (TPSA) is 61.0 Å². The van der Waals surface area contributed by atoms with E-state index >= 15 is 0 Å². The van der Waals surface area contributed by atoms with Crippen LogP contribution in [0.3, 0.4) is 0 Å². The summed E-state index contributed by atoms with van der Waals surface area (Å²) < 4.78 is 1.06. The predicted molar refractivity (Wildman–Crippen MR) is 121 cm³/mol. The number of rotatable bonds is 8. The van der Waals surface area contributed by atoms with Gasteiger partial charge in [0.1, 0.15) is 5.82 Å². The van der Waals surface area contributed by atoms with Crippen LogP contribution in [0.4, 0.5) is 0 Å². The first-order chi connectivity index (χ1) is 13.4. The number of amides is 1. The maximum Gasteiger partial charge on any atom is 0.261 e. The highest BCUT2D eigenvalue weighted by atomic mass is 79.9. The average molecular weight is 463 g/mol. The van der Waals surface area contributed by atoms with Gasteiger partial charge in [0.15, 0.2) is 0 Å². The second-order valence-electron chi connectivity index (χ2n) is 6.89. The number of hydrogen-bond donors (Lipinski definition) is 2. The summed E-state index contributed by atoms with van der Waals surface area (Å²) in [6, 6.07) is 5.88. The Hall–Kier alpha value is -1.70. The molecule has 0 aliphatic carbocycles. The van der Waals surface area contributed by atoms with Crippen LogP contribution in [0.1, 0.15) is 41.1 Å². The number of aromatic amines is 1. The van der Waals surface area contributed by atoms with E-state index in [0.717, 1.165) is 52.3 Å². The molecular weight excluding hydrogens is 436 g/mol. The predicted octanol–water partition coefficient (Wildman–Crippen LogP) is 5.13. The van der Waals surface area contributed by atoms with Gasteiger partial charge < -0.3 is 15.2 Å². The minimum Gasteiger partial charge on any atom is -0.351 e. The number of aryl methyl sites for hydroxylation is 1. The van der Waals surface area contributed by atoms with Gasteiger partial charge in [-0.15, -0.1) is 11.3 Å². The van der Waals surface area contributed by atoms with Crippen LogP contribution in [-0.4, -0.2) is 47.0 Å². The van der Waals surface area contributed by atoms with Gasteiger partial charge in [0.25, 0.3) is 5.91 Å². The molecule has 0 atom stereocenters. The van der Waals surface area contributed by atoms with E-state index < -0.39 is 0 Å². The number of nitrogens with one attached hydrogen (secondary N) is 2. The number of hydrogen-bond acceptors (Lipinski definition) is 4. The number of halogens is 1. The van der Waals surface area contributed by atoms with Crippen molar-refractivity contribution in [2.45, 2.75) is 34.1 Å². The Bertz CT molecular complexity index is 974. The largest absolute Gasteiger partial charge is 0.351 e. The average Bonchev–Trinajstić information content (AvgIpc) is 3.33. The SMILES string of the molecule is CCN(CC)CCCNC(=O)c1ccc(-c2nc3cc(Br)c(C)c(C)c3[nH]2)s1. The molecule has 2 heterocycles. The Morgan fingerprint density at radius 2 is 2.00 bits per heavy atom. The van der Waals surface area contributed by atoms with Crippen LogP contribution in [0, 0.1) is 13.8 Å². The second kappa shape index (κ2) is 9.20. The van der Waals surface area contributed by atoms with Gasteiger partial charge in [-0.3, -0.25) is 4.79 Å². The van der Waals surface area contributed by atoms with Crippen molar-refractivity contribution in [1.29, 1.82) is 0 Å². The van der Waals surface area contributed by atoms with Crippen LogP contribution in [0.15, 0.2) is 22.7 Å². The van der Waals surface area contributed by atoms with Crippen LogP contribution in [0.25, 0.3) is 21.7 Å². The summed E-state index contributed by atoms with van der Waals surface area (Å²) in [7, 11) is 0. The fourth-order valence-corrected chi connectivity index (χ4v) is 4.59. The molecule has 0 saturated carbocycles. The normalized spacial score (nSPS) is 11.5. The molecule has 0 bridgehead atoms. The van der Waals surface area contributed by atoms with Crippen molar-refractivity contribution >= 4 is 44.2 Å². The zero-order chi connectivity index (χ0) is 20.3. The van der Waals surface area contributed by atoms with Crippen LogP contribution in [-0.2, 0) is 0 Å². The molecule has 28 heavy (non-hydrogen) atoms. The third-order valence-corrected chi connectivity index (χ3v) is 7.10. The molecule has 0 fully saturated rings.